The van der Waals surface area contributed by atoms with E-state index in [9.17, 15) is 14.4 Å². The Labute approximate surface area is 181 Å². The fourth-order valence-electron chi connectivity index (χ4n) is 2.82. The number of aromatic nitrogens is 2. The third-order valence-corrected chi connectivity index (χ3v) is 5.80. The summed E-state index contributed by atoms with van der Waals surface area (Å²) in [5.74, 6) is -0.221. The number of methoxy groups -OCH3 is 1. The van der Waals surface area contributed by atoms with Crippen LogP contribution >= 0.6 is 23.4 Å². The Morgan fingerprint density at radius 2 is 2.00 bits per heavy atom. The number of carbonyl (C=O) groups is 2. The van der Waals surface area contributed by atoms with Gasteiger partial charge in [0.05, 0.1) is 29.0 Å². The van der Waals surface area contributed by atoms with Crippen LogP contribution in [0.15, 0.2) is 46.3 Å². The molecule has 3 N–H and O–H groups in total. The molecule has 0 bridgehead atoms. The summed E-state index contributed by atoms with van der Waals surface area (Å²) in [5, 5.41) is 2.43. The molecule has 156 valence electrons. The van der Waals surface area contributed by atoms with Crippen LogP contribution in [0.1, 0.15) is 12.5 Å². The van der Waals surface area contributed by atoms with Crippen molar-refractivity contribution in [3.05, 3.63) is 57.3 Å². The van der Waals surface area contributed by atoms with Gasteiger partial charge in [-0.3, -0.25) is 19.5 Å². The first kappa shape index (κ1) is 21.7. The van der Waals surface area contributed by atoms with Crippen LogP contribution < -0.4 is 21.3 Å². The molecule has 10 heteroatoms. The molecule has 3 aromatic rings. The first-order valence-electron chi connectivity index (χ1n) is 8.86. The number of rotatable bonds is 5. The van der Waals surface area contributed by atoms with Crippen molar-refractivity contribution in [3.63, 3.8) is 0 Å². The largest absolute Gasteiger partial charge is 0.495 e. The molecule has 0 radical (unpaired) electrons. The van der Waals surface area contributed by atoms with E-state index in [-0.39, 0.29) is 10.7 Å². The molecule has 0 saturated carbocycles. The maximum atomic E-state index is 13.4. The number of thioether (sulfide) groups is 1. The summed E-state index contributed by atoms with van der Waals surface area (Å²) in [6.45, 7) is 3.39. The maximum Gasteiger partial charge on any atom is 0.318 e. The van der Waals surface area contributed by atoms with E-state index in [1.165, 1.54) is 11.7 Å². The zero-order valence-corrected chi connectivity index (χ0v) is 18.0. The summed E-state index contributed by atoms with van der Waals surface area (Å²) < 4.78 is 6.82. The molecule has 0 aliphatic rings. The average Bonchev–Trinajstić information content (AvgIpc) is 2.69. The van der Waals surface area contributed by atoms with Gasteiger partial charge >= 0.3 is 6.03 Å². The number of urea groups is 1. The lowest BCUT2D eigenvalue weighted by Crippen LogP contribution is -2.39. The number of nitrogens with zero attached hydrogens (tertiary/aromatic N) is 2. The first-order chi connectivity index (χ1) is 14.2. The summed E-state index contributed by atoms with van der Waals surface area (Å²) in [7, 11) is 1.47. The number of benzene rings is 2. The summed E-state index contributed by atoms with van der Waals surface area (Å²) >= 11 is 7.23. The second kappa shape index (κ2) is 8.76. The van der Waals surface area contributed by atoms with Crippen molar-refractivity contribution in [3.8, 4) is 11.4 Å². The highest BCUT2D eigenvalue weighted by Crippen LogP contribution is 2.33. The molecule has 1 aromatic heterocycles. The summed E-state index contributed by atoms with van der Waals surface area (Å²) in [6, 6.07) is 9.28. The van der Waals surface area contributed by atoms with Crippen LogP contribution in [0.4, 0.5) is 4.79 Å². The molecule has 0 spiro atoms. The molecule has 3 rings (SSSR count). The predicted octanol–water partition coefficient (Wildman–Crippen LogP) is 3.03. The Kier molecular flexibility index (Phi) is 6.33. The van der Waals surface area contributed by atoms with Crippen molar-refractivity contribution in [2.45, 2.75) is 24.3 Å². The number of hydrogen-bond donors (Lipinski definition) is 2. The maximum absolute atomic E-state index is 13.4. The van der Waals surface area contributed by atoms with Crippen LogP contribution in [0.5, 0.6) is 5.75 Å². The third-order valence-electron chi connectivity index (χ3n) is 4.34. The van der Waals surface area contributed by atoms with Gasteiger partial charge in [-0.2, -0.15) is 0 Å². The molecule has 0 aliphatic heterocycles. The molecular weight excluding hydrogens is 428 g/mol. The Hall–Kier alpha value is -3.04. The minimum Gasteiger partial charge on any atom is -0.495 e. The first-order valence-corrected chi connectivity index (χ1v) is 10.1. The highest BCUT2D eigenvalue weighted by Gasteiger charge is 2.23. The van der Waals surface area contributed by atoms with E-state index in [1.807, 2.05) is 5.32 Å². The number of imide groups is 1. The highest BCUT2D eigenvalue weighted by molar-refractivity contribution is 8.00. The van der Waals surface area contributed by atoms with E-state index in [1.54, 1.807) is 50.2 Å². The summed E-state index contributed by atoms with van der Waals surface area (Å²) in [5.41, 5.74) is 6.36. The van der Waals surface area contributed by atoms with Gasteiger partial charge in [-0.05, 0) is 37.6 Å². The minimum absolute atomic E-state index is 0.255. The molecule has 30 heavy (non-hydrogen) atoms. The van der Waals surface area contributed by atoms with Gasteiger partial charge in [0.25, 0.3) is 5.56 Å². The fraction of sp³-hybridized carbons (Fsp3) is 0.200. The molecule has 1 atom stereocenters. The smallest absolute Gasteiger partial charge is 0.318 e. The van der Waals surface area contributed by atoms with E-state index in [4.69, 9.17) is 22.1 Å². The number of amides is 3. The molecule has 0 fully saturated rings. The third kappa shape index (κ3) is 4.27. The van der Waals surface area contributed by atoms with Crippen molar-refractivity contribution in [1.29, 1.82) is 0 Å². The van der Waals surface area contributed by atoms with E-state index in [2.05, 4.69) is 4.98 Å². The number of primary amides is 1. The monoisotopic (exact) mass is 446 g/mol. The second-order valence-electron chi connectivity index (χ2n) is 6.44. The number of ether oxygens (including phenoxy) is 1. The van der Waals surface area contributed by atoms with Crippen molar-refractivity contribution in [2.75, 3.05) is 7.11 Å². The lowest BCUT2D eigenvalue weighted by Gasteiger charge is -2.18. The van der Waals surface area contributed by atoms with Crippen LogP contribution in [0.2, 0.25) is 5.02 Å². The van der Waals surface area contributed by atoms with Crippen LogP contribution in [-0.4, -0.2) is 33.8 Å². The standard InChI is InChI=1S/C20H19ClN4O4S/c1-10-8-15(16(29-3)9-13(10)21)25-18(27)12-6-4-5-7-14(12)23-20(25)30-11(2)17(26)24-19(22)28/h4-9,11H,1-3H3,(H3,22,24,26,28). The number of nitrogens with two attached hydrogens (primary N) is 1. The second-order valence-corrected chi connectivity index (χ2v) is 8.15. The number of halogens is 1. The molecule has 3 amide bonds. The van der Waals surface area contributed by atoms with Crippen molar-refractivity contribution >= 4 is 46.2 Å². The van der Waals surface area contributed by atoms with Gasteiger partial charge < -0.3 is 10.5 Å². The average molecular weight is 447 g/mol. The van der Waals surface area contributed by atoms with Crippen LogP contribution in [-0.2, 0) is 4.79 Å². The van der Waals surface area contributed by atoms with Gasteiger partial charge in [0, 0.05) is 11.1 Å². The zero-order chi connectivity index (χ0) is 22.0. The quantitative estimate of drug-likeness (QED) is 0.459. The Balaban J connectivity index is 2.25. The molecule has 0 aliphatic carbocycles. The van der Waals surface area contributed by atoms with Crippen molar-refractivity contribution < 1.29 is 14.3 Å². The Bertz CT molecular complexity index is 1210. The summed E-state index contributed by atoms with van der Waals surface area (Å²) in [4.78, 5) is 41.2. The molecule has 0 saturated heterocycles. The Morgan fingerprint density at radius 1 is 1.30 bits per heavy atom. The molecule has 8 nitrogen and oxygen atoms in total. The summed E-state index contributed by atoms with van der Waals surface area (Å²) in [6.07, 6.45) is 0. The van der Waals surface area contributed by atoms with Gasteiger partial charge in [-0.15, -0.1) is 0 Å². The lowest BCUT2D eigenvalue weighted by atomic mass is 10.2. The van der Waals surface area contributed by atoms with E-state index < -0.39 is 17.2 Å². The molecule has 1 unspecified atom stereocenters. The van der Waals surface area contributed by atoms with Gasteiger partial charge in [-0.1, -0.05) is 35.5 Å². The number of carbonyl (C=O) groups excluding carboxylic acids is 2. The number of para-hydroxylation sites is 1. The Morgan fingerprint density at radius 3 is 2.67 bits per heavy atom. The lowest BCUT2D eigenvalue weighted by molar-refractivity contribution is -0.119. The molecule has 1 heterocycles. The minimum atomic E-state index is -0.952. The number of aryl methyl sites for hydroxylation is 1. The van der Waals surface area contributed by atoms with Crippen LogP contribution in [0, 0.1) is 6.92 Å². The van der Waals surface area contributed by atoms with Gasteiger partial charge in [0.1, 0.15) is 5.75 Å². The van der Waals surface area contributed by atoms with Gasteiger partial charge in [0.2, 0.25) is 5.91 Å². The number of fused-ring (bicyclic) bond motifs is 1. The fourth-order valence-corrected chi connectivity index (χ4v) is 3.90. The van der Waals surface area contributed by atoms with E-state index in [0.29, 0.717) is 27.4 Å². The highest BCUT2D eigenvalue weighted by atomic mass is 35.5. The van der Waals surface area contributed by atoms with Gasteiger partial charge in [-0.25, -0.2) is 9.78 Å². The molecule has 2 aromatic carbocycles. The van der Waals surface area contributed by atoms with Crippen molar-refractivity contribution in [1.82, 2.24) is 14.9 Å². The zero-order valence-electron chi connectivity index (χ0n) is 16.4. The van der Waals surface area contributed by atoms with E-state index in [0.717, 1.165) is 17.3 Å². The van der Waals surface area contributed by atoms with E-state index >= 15 is 0 Å². The molecular formula is C20H19ClN4O4S. The number of nitrogens with one attached hydrogen (secondary N) is 1. The van der Waals surface area contributed by atoms with Crippen LogP contribution in [0.25, 0.3) is 16.6 Å². The van der Waals surface area contributed by atoms with Crippen molar-refractivity contribution in [2.24, 2.45) is 5.73 Å². The normalized spacial score (nSPS) is 11.9. The van der Waals surface area contributed by atoms with Crippen LogP contribution in [0.3, 0.4) is 0 Å². The topological polar surface area (TPSA) is 116 Å². The van der Waals surface area contributed by atoms with Gasteiger partial charge in [0.15, 0.2) is 5.16 Å². The SMILES string of the molecule is COc1cc(Cl)c(C)cc1-n1c(SC(C)C(=O)NC(N)=O)nc2ccccc2c1=O. The number of hydrogen-bond acceptors (Lipinski definition) is 6. The predicted molar refractivity (Wildman–Crippen MR) is 117 cm³/mol.